The molecule has 1 aliphatic heterocycles. The lowest BCUT2D eigenvalue weighted by Crippen LogP contribution is -2.32. The zero-order chi connectivity index (χ0) is 25.0. The number of benzene rings is 2. The van der Waals surface area contributed by atoms with Crippen LogP contribution in [0.2, 0.25) is 0 Å². The molecule has 10 heteroatoms. The maximum Gasteiger partial charge on any atom is 0.238 e. The lowest BCUT2D eigenvalue weighted by atomic mass is 9.85. The van der Waals surface area contributed by atoms with Gasteiger partial charge in [0.15, 0.2) is 4.34 Å². The van der Waals surface area contributed by atoms with E-state index >= 15 is 0 Å². The van der Waals surface area contributed by atoms with Gasteiger partial charge in [-0.1, -0.05) is 23.9 Å². The molecule has 3 aliphatic rings. The molecule has 1 saturated heterocycles. The van der Waals surface area contributed by atoms with Crippen LogP contribution in [-0.4, -0.2) is 42.7 Å². The van der Waals surface area contributed by atoms with Crippen molar-refractivity contribution in [1.82, 2.24) is 4.98 Å². The minimum atomic E-state index is -0.225. The summed E-state index contributed by atoms with van der Waals surface area (Å²) in [6.45, 7) is 0. The predicted molar refractivity (Wildman–Crippen MR) is 139 cm³/mol. The Morgan fingerprint density at radius 3 is 2.53 bits per heavy atom. The topological polar surface area (TPSA) is 97.8 Å². The Labute approximate surface area is 215 Å². The van der Waals surface area contributed by atoms with E-state index in [2.05, 4.69) is 22.5 Å². The van der Waals surface area contributed by atoms with E-state index in [9.17, 15) is 14.4 Å². The molecule has 2 heterocycles. The minimum Gasteiger partial charge on any atom is -0.497 e. The number of allylic oxidation sites excluding steroid dienone is 2. The Hall–Kier alpha value is -3.37. The number of aromatic nitrogens is 1. The molecule has 2 fully saturated rings. The first kappa shape index (κ1) is 23.1. The van der Waals surface area contributed by atoms with E-state index in [-0.39, 0.29) is 47.1 Å². The summed E-state index contributed by atoms with van der Waals surface area (Å²) in [4.78, 5) is 44.8. The van der Waals surface area contributed by atoms with Gasteiger partial charge in [-0.05, 0) is 48.6 Å². The second-order valence-electron chi connectivity index (χ2n) is 9.05. The van der Waals surface area contributed by atoms with E-state index in [4.69, 9.17) is 9.47 Å². The van der Waals surface area contributed by atoms with Crippen LogP contribution in [0.5, 0.6) is 11.5 Å². The lowest BCUT2D eigenvalue weighted by Gasteiger charge is -2.17. The predicted octanol–water partition coefficient (Wildman–Crippen LogP) is 4.36. The average Bonchev–Trinajstić information content (AvgIpc) is 3.65. The van der Waals surface area contributed by atoms with Crippen molar-refractivity contribution in [3.8, 4) is 11.5 Å². The standard InChI is InChI=1S/C26H23N3O5S2/c1-33-16-6-8-19(34-2)18(11-16)27-21(30)12-35-26-28-17-7-5-15(10-20(17)36-26)29-24(31)22-13-3-4-14(9-13)23(22)25(29)32/h3-8,10-11,13-14,22-23H,9,12H2,1-2H3,(H,27,30)/t13-,14-,22-,23-/m0/s1. The number of carbonyl (C=O) groups excluding carboxylic acids is 3. The van der Waals surface area contributed by atoms with Crippen molar-refractivity contribution in [2.45, 2.75) is 10.8 Å². The highest BCUT2D eigenvalue weighted by Gasteiger charge is 2.59. The van der Waals surface area contributed by atoms with Gasteiger partial charge in [0.2, 0.25) is 17.7 Å². The van der Waals surface area contributed by atoms with E-state index in [0.717, 1.165) is 21.0 Å². The molecule has 3 amide bonds. The normalized spacial score (nSPS) is 24.0. The molecule has 36 heavy (non-hydrogen) atoms. The SMILES string of the molecule is COc1ccc(OC)c(NC(=O)CSc2nc3ccc(N4C(=O)[C@@H]5[C@@H](C4=O)[C@H]4C=C[C@H]5C4)cc3s2)c1. The Morgan fingerprint density at radius 1 is 1.08 bits per heavy atom. The molecule has 1 aromatic heterocycles. The molecule has 0 spiro atoms. The molecule has 1 N–H and O–H groups in total. The summed E-state index contributed by atoms with van der Waals surface area (Å²) >= 11 is 2.76. The molecule has 0 radical (unpaired) electrons. The monoisotopic (exact) mass is 521 g/mol. The summed E-state index contributed by atoms with van der Waals surface area (Å²) in [5.41, 5.74) is 1.89. The van der Waals surface area contributed by atoms with Gasteiger partial charge < -0.3 is 14.8 Å². The molecule has 0 unspecified atom stereocenters. The first-order valence-electron chi connectivity index (χ1n) is 11.6. The van der Waals surface area contributed by atoms with Crippen molar-refractivity contribution < 1.29 is 23.9 Å². The van der Waals surface area contributed by atoms with Crippen LogP contribution < -0.4 is 19.7 Å². The number of rotatable bonds is 7. The van der Waals surface area contributed by atoms with Crippen LogP contribution in [0.1, 0.15) is 6.42 Å². The fraction of sp³-hybridized carbons (Fsp3) is 0.308. The fourth-order valence-corrected chi connectivity index (χ4v) is 7.38. The van der Waals surface area contributed by atoms with Gasteiger partial charge in [-0.3, -0.25) is 14.4 Å². The van der Waals surface area contributed by atoms with Crippen molar-refractivity contribution in [3.63, 3.8) is 0 Å². The van der Waals surface area contributed by atoms with Crippen molar-refractivity contribution in [1.29, 1.82) is 0 Å². The second-order valence-corrected chi connectivity index (χ2v) is 11.3. The van der Waals surface area contributed by atoms with E-state index in [1.165, 1.54) is 28.0 Å². The number of nitrogens with zero attached hydrogens (tertiary/aromatic N) is 2. The molecular weight excluding hydrogens is 498 g/mol. The smallest absolute Gasteiger partial charge is 0.238 e. The van der Waals surface area contributed by atoms with Crippen molar-refractivity contribution in [2.24, 2.45) is 23.7 Å². The Balaban J connectivity index is 1.15. The molecule has 2 aromatic carbocycles. The minimum absolute atomic E-state index is 0.0926. The van der Waals surface area contributed by atoms with Gasteiger partial charge in [0.25, 0.3) is 0 Å². The Morgan fingerprint density at radius 2 is 1.83 bits per heavy atom. The largest absolute Gasteiger partial charge is 0.497 e. The first-order valence-corrected chi connectivity index (χ1v) is 13.4. The van der Waals surface area contributed by atoms with Gasteiger partial charge in [0.05, 0.1) is 53.4 Å². The van der Waals surface area contributed by atoms with E-state index < -0.39 is 0 Å². The van der Waals surface area contributed by atoms with E-state index in [0.29, 0.717) is 22.9 Å². The number of anilines is 2. The summed E-state index contributed by atoms with van der Waals surface area (Å²) in [5.74, 6) is 0.845. The molecular formula is C26H23N3O5S2. The van der Waals surface area contributed by atoms with Crippen molar-refractivity contribution in [3.05, 3.63) is 48.6 Å². The number of imide groups is 1. The highest BCUT2D eigenvalue weighted by atomic mass is 32.2. The van der Waals surface area contributed by atoms with E-state index in [1.807, 2.05) is 12.1 Å². The number of hydrogen-bond acceptors (Lipinski definition) is 8. The first-order chi connectivity index (χ1) is 17.5. The van der Waals surface area contributed by atoms with Gasteiger partial charge in [-0.25, -0.2) is 9.88 Å². The summed E-state index contributed by atoms with van der Waals surface area (Å²) in [6, 6.07) is 10.7. The van der Waals surface area contributed by atoms with Crippen LogP contribution in [0, 0.1) is 23.7 Å². The van der Waals surface area contributed by atoms with Crippen LogP contribution in [0.25, 0.3) is 10.2 Å². The average molecular weight is 522 g/mol. The third-order valence-corrected chi connectivity index (χ3v) is 9.25. The van der Waals surface area contributed by atoms with Crippen LogP contribution in [-0.2, 0) is 14.4 Å². The molecule has 2 bridgehead atoms. The number of nitrogens with one attached hydrogen (secondary N) is 1. The number of carbonyl (C=O) groups is 3. The zero-order valence-corrected chi connectivity index (χ0v) is 21.2. The number of thioether (sulfide) groups is 1. The molecule has 2 aliphatic carbocycles. The van der Waals surface area contributed by atoms with Crippen LogP contribution in [0.15, 0.2) is 52.9 Å². The van der Waals surface area contributed by atoms with Gasteiger partial charge in [0.1, 0.15) is 11.5 Å². The maximum atomic E-state index is 13.1. The number of thiazole rings is 1. The van der Waals surface area contributed by atoms with Crippen LogP contribution >= 0.6 is 23.1 Å². The summed E-state index contributed by atoms with van der Waals surface area (Å²) < 4.78 is 12.1. The molecule has 3 aromatic rings. The van der Waals surface area contributed by atoms with Crippen LogP contribution in [0.3, 0.4) is 0 Å². The van der Waals surface area contributed by atoms with Crippen molar-refractivity contribution in [2.75, 3.05) is 30.2 Å². The molecule has 184 valence electrons. The van der Waals surface area contributed by atoms with E-state index in [1.54, 1.807) is 38.5 Å². The highest BCUT2D eigenvalue weighted by molar-refractivity contribution is 8.01. The summed E-state index contributed by atoms with van der Waals surface area (Å²) in [6.07, 6.45) is 5.10. The lowest BCUT2D eigenvalue weighted by molar-refractivity contribution is -0.123. The highest BCUT2D eigenvalue weighted by Crippen LogP contribution is 2.53. The van der Waals surface area contributed by atoms with Gasteiger partial charge in [-0.15, -0.1) is 11.3 Å². The van der Waals surface area contributed by atoms with Gasteiger partial charge in [-0.2, -0.15) is 0 Å². The molecule has 8 nitrogen and oxygen atoms in total. The van der Waals surface area contributed by atoms with Crippen LogP contribution in [0.4, 0.5) is 11.4 Å². The summed E-state index contributed by atoms with van der Waals surface area (Å²) in [7, 11) is 3.10. The number of amides is 3. The Bertz CT molecular complexity index is 1400. The number of ether oxygens (including phenoxy) is 2. The summed E-state index contributed by atoms with van der Waals surface area (Å²) in [5, 5.41) is 2.85. The maximum absolute atomic E-state index is 13.1. The second kappa shape index (κ2) is 8.94. The third kappa shape index (κ3) is 3.75. The fourth-order valence-electron chi connectivity index (χ4n) is 5.48. The third-order valence-electron chi connectivity index (χ3n) is 7.09. The number of hydrogen-bond donors (Lipinski definition) is 1. The number of methoxy groups -OCH3 is 2. The van der Waals surface area contributed by atoms with Gasteiger partial charge >= 0.3 is 0 Å². The molecule has 6 rings (SSSR count). The Kier molecular flexibility index (Phi) is 5.72. The molecule has 4 atom stereocenters. The number of fused-ring (bicyclic) bond motifs is 6. The van der Waals surface area contributed by atoms with Crippen molar-refractivity contribution >= 4 is 62.4 Å². The zero-order valence-electron chi connectivity index (χ0n) is 19.6. The quantitative estimate of drug-likeness (QED) is 0.280. The van der Waals surface area contributed by atoms with Gasteiger partial charge in [0, 0.05) is 6.07 Å². The molecule has 1 saturated carbocycles.